The zero-order chi connectivity index (χ0) is 14.4. The molecule has 0 radical (unpaired) electrons. The van der Waals surface area contributed by atoms with Crippen molar-refractivity contribution in [2.45, 2.75) is 18.9 Å². The normalized spacial score (nSPS) is 14.8. The Bertz CT molecular complexity index is 464. The highest BCUT2D eigenvalue weighted by atomic mass is 16.6. The second-order valence-corrected chi connectivity index (χ2v) is 4.69. The van der Waals surface area contributed by atoms with Crippen LogP contribution in [-0.2, 0) is 4.79 Å². The Morgan fingerprint density at radius 3 is 2.85 bits per heavy atom. The molecule has 0 spiro atoms. The van der Waals surface area contributed by atoms with Gasteiger partial charge in [-0.25, -0.2) is 0 Å². The molecule has 1 aromatic carbocycles. The molecular formula is C14H20N2O4. The molecule has 1 aliphatic heterocycles. The van der Waals surface area contributed by atoms with Gasteiger partial charge in [-0.15, -0.1) is 0 Å². The van der Waals surface area contributed by atoms with Gasteiger partial charge in [-0.1, -0.05) is 6.07 Å². The van der Waals surface area contributed by atoms with E-state index < -0.39 is 6.10 Å². The average Bonchev–Trinajstić information content (AvgIpc) is 2.46. The Morgan fingerprint density at radius 1 is 1.35 bits per heavy atom. The van der Waals surface area contributed by atoms with Gasteiger partial charge in [-0.2, -0.15) is 0 Å². The number of fused-ring (bicyclic) bond motifs is 1. The number of amides is 1. The summed E-state index contributed by atoms with van der Waals surface area (Å²) in [6.07, 6.45) is 0.399. The van der Waals surface area contributed by atoms with Crippen molar-refractivity contribution >= 4 is 5.91 Å². The Morgan fingerprint density at radius 2 is 2.10 bits per heavy atom. The molecule has 4 N–H and O–H groups in total. The number of nitrogens with two attached hydrogens (primary N) is 1. The summed E-state index contributed by atoms with van der Waals surface area (Å²) in [5.41, 5.74) is 5.82. The lowest BCUT2D eigenvalue weighted by Gasteiger charge is -2.20. The highest BCUT2D eigenvalue weighted by Crippen LogP contribution is 2.32. The summed E-state index contributed by atoms with van der Waals surface area (Å²) in [6, 6.07) is 5.42. The van der Waals surface area contributed by atoms with E-state index in [1.807, 2.05) is 6.07 Å². The van der Waals surface area contributed by atoms with Gasteiger partial charge in [-0.3, -0.25) is 4.79 Å². The summed E-state index contributed by atoms with van der Waals surface area (Å²) < 4.78 is 10.9. The van der Waals surface area contributed by atoms with Gasteiger partial charge in [0.15, 0.2) is 11.5 Å². The number of primary amides is 1. The number of benzene rings is 1. The number of rotatable bonds is 7. The second kappa shape index (κ2) is 7.12. The number of carbonyl (C=O) groups is 1. The third-order valence-electron chi connectivity index (χ3n) is 3.07. The van der Waals surface area contributed by atoms with Crippen LogP contribution in [0.15, 0.2) is 18.2 Å². The lowest BCUT2D eigenvalue weighted by molar-refractivity contribution is -0.118. The smallest absolute Gasteiger partial charge is 0.217 e. The summed E-state index contributed by atoms with van der Waals surface area (Å²) in [5.74, 6) is 1.07. The molecule has 0 aliphatic carbocycles. The Kier molecular flexibility index (Phi) is 5.20. The lowest BCUT2D eigenvalue weighted by atomic mass is 10.1. The highest BCUT2D eigenvalue weighted by molar-refractivity contribution is 5.73. The van der Waals surface area contributed by atoms with Crippen LogP contribution < -0.4 is 20.5 Å². The highest BCUT2D eigenvalue weighted by Gasteiger charge is 2.15. The molecule has 20 heavy (non-hydrogen) atoms. The van der Waals surface area contributed by atoms with Gasteiger partial charge < -0.3 is 25.6 Å². The van der Waals surface area contributed by atoms with Gasteiger partial charge in [0.1, 0.15) is 13.2 Å². The first-order valence-corrected chi connectivity index (χ1v) is 6.73. The van der Waals surface area contributed by atoms with Crippen LogP contribution in [0.25, 0.3) is 0 Å². The van der Waals surface area contributed by atoms with Crippen molar-refractivity contribution in [3.63, 3.8) is 0 Å². The minimum absolute atomic E-state index is 0.306. The molecule has 110 valence electrons. The minimum Gasteiger partial charge on any atom is -0.486 e. The van der Waals surface area contributed by atoms with Crippen molar-refractivity contribution in [2.75, 3.05) is 26.3 Å². The van der Waals surface area contributed by atoms with Crippen LogP contribution in [0.2, 0.25) is 0 Å². The molecule has 0 saturated heterocycles. The molecule has 1 amide bonds. The fraction of sp³-hybridized carbons (Fsp3) is 0.500. The summed E-state index contributed by atoms with van der Waals surface area (Å²) in [7, 11) is 0. The summed E-state index contributed by atoms with van der Waals surface area (Å²) >= 11 is 0. The van der Waals surface area contributed by atoms with Gasteiger partial charge in [0.25, 0.3) is 0 Å². The lowest BCUT2D eigenvalue weighted by Crippen LogP contribution is -2.24. The van der Waals surface area contributed by atoms with E-state index in [2.05, 4.69) is 5.32 Å². The van der Waals surface area contributed by atoms with Crippen molar-refractivity contribution in [1.82, 2.24) is 5.32 Å². The van der Waals surface area contributed by atoms with Crippen LogP contribution in [0.1, 0.15) is 24.5 Å². The van der Waals surface area contributed by atoms with Gasteiger partial charge in [-0.05, 0) is 30.7 Å². The first-order valence-electron chi connectivity index (χ1n) is 6.73. The molecule has 0 fully saturated rings. The zero-order valence-electron chi connectivity index (χ0n) is 11.3. The first-order chi connectivity index (χ1) is 9.66. The monoisotopic (exact) mass is 280 g/mol. The molecule has 6 heteroatoms. The van der Waals surface area contributed by atoms with Crippen LogP contribution in [0.4, 0.5) is 0 Å². The van der Waals surface area contributed by atoms with Crippen molar-refractivity contribution in [3.05, 3.63) is 23.8 Å². The van der Waals surface area contributed by atoms with Crippen LogP contribution in [0.5, 0.6) is 11.5 Å². The van der Waals surface area contributed by atoms with E-state index in [4.69, 9.17) is 15.2 Å². The molecule has 0 saturated carbocycles. The second-order valence-electron chi connectivity index (χ2n) is 4.69. The van der Waals surface area contributed by atoms with E-state index in [1.54, 1.807) is 12.1 Å². The topological polar surface area (TPSA) is 93.8 Å². The number of aliphatic hydroxyl groups is 1. The fourth-order valence-electron chi connectivity index (χ4n) is 2.01. The van der Waals surface area contributed by atoms with E-state index in [-0.39, 0.29) is 5.91 Å². The zero-order valence-corrected chi connectivity index (χ0v) is 11.3. The quantitative estimate of drug-likeness (QED) is 0.626. The molecule has 1 aromatic rings. The summed E-state index contributed by atoms with van der Waals surface area (Å²) in [5, 5.41) is 13.2. The number of ether oxygens (including phenoxy) is 2. The SMILES string of the molecule is NC(=O)CCCNCC(O)c1ccc2c(c1)OCCO2. The molecular weight excluding hydrogens is 260 g/mol. The molecule has 0 bridgehead atoms. The molecule has 6 nitrogen and oxygen atoms in total. The minimum atomic E-state index is -0.626. The molecule has 2 rings (SSSR count). The fourth-order valence-corrected chi connectivity index (χ4v) is 2.01. The van der Waals surface area contributed by atoms with E-state index in [9.17, 15) is 9.90 Å². The van der Waals surface area contributed by atoms with Crippen LogP contribution in [-0.4, -0.2) is 37.3 Å². The predicted octanol–water partition coefficient (Wildman–Crippen LogP) is 0.346. The van der Waals surface area contributed by atoms with Crippen LogP contribution in [0, 0.1) is 0 Å². The Balaban J connectivity index is 1.80. The van der Waals surface area contributed by atoms with Gasteiger partial charge in [0, 0.05) is 13.0 Å². The first kappa shape index (κ1) is 14.6. The molecule has 1 heterocycles. The van der Waals surface area contributed by atoms with E-state index in [0.717, 1.165) is 5.56 Å². The third-order valence-corrected chi connectivity index (χ3v) is 3.07. The maximum Gasteiger partial charge on any atom is 0.217 e. The average molecular weight is 280 g/mol. The van der Waals surface area contributed by atoms with Crippen molar-refractivity contribution in [2.24, 2.45) is 5.73 Å². The largest absolute Gasteiger partial charge is 0.486 e. The standard InChI is InChI=1S/C14H20N2O4/c15-14(18)2-1-5-16-9-11(17)10-3-4-12-13(8-10)20-7-6-19-12/h3-4,8,11,16-17H,1-2,5-7,9H2,(H2,15,18). The van der Waals surface area contributed by atoms with E-state index in [1.165, 1.54) is 0 Å². The number of hydrogen-bond acceptors (Lipinski definition) is 5. The summed E-state index contributed by atoms with van der Waals surface area (Å²) in [4.78, 5) is 10.6. The molecule has 1 unspecified atom stereocenters. The van der Waals surface area contributed by atoms with Gasteiger partial charge in [0.2, 0.25) is 5.91 Å². The Hall–Kier alpha value is -1.79. The van der Waals surface area contributed by atoms with Gasteiger partial charge >= 0.3 is 0 Å². The molecule has 0 aromatic heterocycles. The predicted molar refractivity (Wildman–Crippen MR) is 73.7 cm³/mol. The van der Waals surface area contributed by atoms with Crippen LogP contribution >= 0.6 is 0 Å². The van der Waals surface area contributed by atoms with Crippen LogP contribution in [0.3, 0.4) is 0 Å². The number of aliphatic hydroxyl groups excluding tert-OH is 1. The van der Waals surface area contributed by atoms with Gasteiger partial charge in [0.05, 0.1) is 6.10 Å². The van der Waals surface area contributed by atoms with E-state index >= 15 is 0 Å². The third kappa shape index (κ3) is 4.11. The van der Waals surface area contributed by atoms with Crippen molar-refractivity contribution in [3.8, 4) is 11.5 Å². The summed E-state index contributed by atoms with van der Waals surface area (Å²) in [6.45, 7) is 2.14. The molecule has 1 aliphatic rings. The Labute approximate surface area is 117 Å². The molecule has 1 atom stereocenters. The maximum atomic E-state index is 10.6. The van der Waals surface area contributed by atoms with E-state index in [0.29, 0.717) is 50.6 Å². The number of hydrogen-bond donors (Lipinski definition) is 3. The number of carbonyl (C=O) groups excluding carboxylic acids is 1. The number of nitrogens with one attached hydrogen (secondary N) is 1. The maximum absolute atomic E-state index is 10.6. The van der Waals surface area contributed by atoms with Crippen molar-refractivity contribution in [1.29, 1.82) is 0 Å². The van der Waals surface area contributed by atoms with Crippen molar-refractivity contribution < 1.29 is 19.4 Å².